The zero-order valence-electron chi connectivity index (χ0n) is 6.29. The number of hydrogen-bond donors (Lipinski definition) is 0. The van der Waals surface area contributed by atoms with Gasteiger partial charge in [-0.15, -0.1) is 0 Å². The second kappa shape index (κ2) is 3.96. The summed E-state index contributed by atoms with van der Waals surface area (Å²) < 4.78 is 9.39. The fraction of sp³-hybridized carbons (Fsp3) is 0.667. The predicted molar refractivity (Wildman–Crippen MR) is 44.7 cm³/mol. The minimum atomic E-state index is -0.820. The van der Waals surface area contributed by atoms with Crippen LogP contribution in [0.15, 0.2) is 4.99 Å². The Labute approximate surface area is 79.4 Å². The number of ether oxygens (including phenoxy) is 2. The summed E-state index contributed by atoms with van der Waals surface area (Å²) in [5.41, 5.74) is 0. The number of aliphatic imine (C=N–C) groups is 1. The summed E-state index contributed by atoms with van der Waals surface area (Å²) in [6.45, 7) is 0.151. The third-order valence-corrected chi connectivity index (χ3v) is 1.71. The summed E-state index contributed by atoms with van der Waals surface area (Å²) in [4.78, 5) is 13.9. The van der Waals surface area contributed by atoms with Crippen LogP contribution in [0, 0.1) is 0 Å². The van der Waals surface area contributed by atoms with Crippen molar-refractivity contribution in [2.24, 2.45) is 4.99 Å². The smallest absolute Gasteiger partial charge is 0.334 e. The second-order valence-electron chi connectivity index (χ2n) is 2.12. The Balaban J connectivity index is 2.58. The average Bonchev–Trinajstić information content (AvgIpc) is 2.51. The Kier molecular flexibility index (Phi) is 3.17. The quantitative estimate of drug-likeness (QED) is 0.501. The summed E-state index contributed by atoms with van der Waals surface area (Å²) >= 11 is 10.9. The minimum Gasteiger partial charge on any atom is -0.476 e. The molecule has 0 amide bonds. The van der Waals surface area contributed by atoms with Crippen molar-refractivity contribution >= 4 is 35.1 Å². The number of rotatable bonds is 2. The zero-order valence-corrected chi connectivity index (χ0v) is 7.80. The fourth-order valence-electron chi connectivity index (χ4n) is 0.769. The molecule has 0 radical (unpaired) electrons. The predicted octanol–water partition coefficient (Wildman–Crippen LogP) is 0.760. The van der Waals surface area contributed by atoms with Crippen molar-refractivity contribution in [1.82, 2.24) is 0 Å². The standard InChI is InChI=1S/C6H7Cl2NO3/c1-11-6(10)3-2-12-5(9-3)4(7)8/h3-4H,2H2,1H3/t3-/m1/s1. The maximum Gasteiger partial charge on any atom is 0.334 e. The fourth-order valence-corrected chi connectivity index (χ4v) is 1.01. The Morgan fingerprint density at radius 3 is 2.92 bits per heavy atom. The Morgan fingerprint density at radius 1 is 1.83 bits per heavy atom. The molecule has 6 heteroatoms. The van der Waals surface area contributed by atoms with Crippen LogP contribution in [-0.4, -0.2) is 36.5 Å². The van der Waals surface area contributed by atoms with E-state index in [1.807, 2.05) is 0 Å². The number of carbonyl (C=O) groups excluding carboxylic acids is 1. The van der Waals surface area contributed by atoms with Gasteiger partial charge in [-0.3, -0.25) is 0 Å². The van der Waals surface area contributed by atoms with Gasteiger partial charge in [-0.1, -0.05) is 23.2 Å². The summed E-state index contributed by atoms with van der Waals surface area (Å²) in [6, 6.07) is -0.620. The van der Waals surface area contributed by atoms with Gasteiger partial charge in [0.1, 0.15) is 6.61 Å². The summed E-state index contributed by atoms with van der Waals surface area (Å²) in [7, 11) is 1.29. The van der Waals surface area contributed by atoms with Gasteiger partial charge >= 0.3 is 5.97 Å². The first-order valence-electron chi connectivity index (χ1n) is 3.21. The number of methoxy groups -OCH3 is 1. The van der Waals surface area contributed by atoms with Crippen LogP contribution in [0.3, 0.4) is 0 Å². The zero-order chi connectivity index (χ0) is 9.14. The molecule has 0 aromatic heterocycles. The Bertz CT molecular complexity index is 217. The number of esters is 1. The monoisotopic (exact) mass is 211 g/mol. The number of nitrogens with zero attached hydrogens (tertiary/aromatic N) is 1. The van der Waals surface area contributed by atoms with Crippen molar-refractivity contribution < 1.29 is 14.3 Å². The molecule has 0 spiro atoms. The third kappa shape index (κ3) is 2.01. The summed E-state index contributed by atoms with van der Waals surface area (Å²) in [5, 5.41) is 0. The molecule has 1 atom stereocenters. The van der Waals surface area contributed by atoms with E-state index in [0.29, 0.717) is 0 Å². The van der Waals surface area contributed by atoms with Gasteiger partial charge in [0.2, 0.25) is 5.90 Å². The van der Waals surface area contributed by atoms with E-state index in [1.165, 1.54) is 7.11 Å². The van der Waals surface area contributed by atoms with E-state index in [4.69, 9.17) is 27.9 Å². The van der Waals surface area contributed by atoms with Gasteiger partial charge in [0.05, 0.1) is 7.11 Å². The molecule has 0 bridgehead atoms. The molecular formula is C6H7Cl2NO3. The molecule has 0 N–H and O–H groups in total. The lowest BCUT2D eigenvalue weighted by Gasteiger charge is -2.00. The minimum absolute atomic E-state index is 0.151. The van der Waals surface area contributed by atoms with Crippen molar-refractivity contribution in [3.05, 3.63) is 0 Å². The van der Waals surface area contributed by atoms with Gasteiger partial charge < -0.3 is 9.47 Å². The van der Waals surface area contributed by atoms with Crippen molar-refractivity contribution in [1.29, 1.82) is 0 Å². The van der Waals surface area contributed by atoms with Crippen LogP contribution >= 0.6 is 23.2 Å². The molecule has 1 aliphatic rings. The number of hydrogen-bond acceptors (Lipinski definition) is 4. The largest absolute Gasteiger partial charge is 0.476 e. The topological polar surface area (TPSA) is 47.9 Å². The molecule has 0 aromatic carbocycles. The van der Waals surface area contributed by atoms with Crippen LogP contribution in [0.25, 0.3) is 0 Å². The summed E-state index contributed by atoms with van der Waals surface area (Å²) in [6.07, 6.45) is 0. The van der Waals surface area contributed by atoms with Crippen molar-refractivity contribution in [2.75, 3.05) is 13.7 Å². The van der Waals surface area contributed by atoms with E-state index >= 15 is 0 Å². The molecule has 0 aliphatic carbocycles. The van der Waals surface area contributed by atoms with Crippen LogP contribution in [0.1, 0.15) is 0 Å². The molecule has 0 aromatic rings. The van der Waals surface area contributed by atoms with Gasteiger partial charge in [-0.05, 0) is 0 Å². The molecule has 4 nitrogen and oxygen atoms in total. The van der Waals surface area contributed by atoms with Crippen LogP contribution in [0.2, 0.25) is 0 Å². The Morgan fingerprint density at radius 2 is 2.50 bits per heavy atom. The highest BCUT2D eigenvalue weighted by Gasteiger charge is 2.28. The molecule has 0 fully saturated rings. The number of carbonyl (C=O) groups is 1. The first-order valence-corrected chi connectivity index (χ1v) is 4.09. The van der Waals surface area contributed by atoms with E-state index in [9.17, 15) is 4.79 Å². The number of halogens is 2. The van der Waals surface area contributed by atoms with Crippen LogP contribution < -0.4 is 0 Å². The third-order valence-electron chi connectivity index (χ3n) is 1.33. The Hall–Kier alpha value is -0.480. The molecule has 0 saturated carbocycles. The summed E-state index contributed by atoms with van der Waals surface area (Å²) in [5.74, 6) is -0.271. The number of alkyl halides is 2. The lowest BCUT2D eigenvalue weighted by Crippen LogP contribution is -2.21. The maximum absolute atomic E-state index is 10.9. The lowest BCUT2D eigenvalue weighted by atomic mass is 10.3. The average molecular weight is 212 g/mol. The highest BCUT2D eigenvalue weighted by Crippen LogP contribution is 2.14. The highest BCUT2D eigenvalue weighted by atomic mass is 35.5. The van der Waals surface area contributed by atoms with Crippen LogP contribution in [-0.2, 0) is 14.3 Å². The molecule has 0 saturated heterocycles. The van der Waals surface area contributed by atoms with Crippen LogP contribution in [0.5, 0.6) is 0 Å². The van der Waals surface area contributed by atoms with Gasteiger partial charge in [0.25, 0.3) is 0 Å². The first-order chi connectivity index (χ1) is 5.65. The molecule has 1 aliphatic heterocycles. The highest BCUT2D eigenvalue weighted by molar-refractivity contribution is 6.53. The molecule has 1 rings (SSSR count). The van der Waals surface area contributed by atoms with Crippen LogP contribution in [0.4, 0.5) is 0 Å². The van der Waals surface area contributed by atoms with Gasteiger partial charge in [-0.25, -0.2) is 9.79 Å². The van der Waals surface area contributed by atoms with Gasteiger partial charge in [0, 0.05) is 0 Å². The van der Waals surface area contributed by atoms with Gasteiger partial charge in [-0.2, -0.15) is 0 Å². The van der Waals surface area contributed by atoms with E-state index < -0.39 is 16.8 Å². The van der Waals surface area contributed by atoms with Gasteiger partial charge in [0.15, 0.2) is 10.9 Å². The van der Waals surface area contributed by atoms with E-state index in [2.05, 4.69) is 9.73 Å². The maximum atomic E-state index is 10.9. The molecular weight excluding hydrogens is 205 g/mol. The SMILES string of the molecule is COC(=O)[C@H]1COC(C(Cl)Cl)=N1. The van der Waals surface area contributed by atoms with Crippen molar-refractivity contribution in [3.63, 3.8) is 0 Å². The lowest BCUT2D eigenvalue weighted by molar-refractivity contribution is -0.142. The van der Waals surface area contributed by atoms with Crippen molar-refractivity contribution in [3.8, 4) is 0 Å². The van der Waals surface area contributed by atoms with E-state index in [1.54, 1.807) is 0 Å². The van der Waals surface area contributed by atoms with Crippen molar-refractivity contribution in [2.45, 2.75) is 10.9 Å². The first kappa shape index (κ1) is 9.61. The molecule has 1 heterocycles. The normalized spacial score (nSPS) is 22.0. The molecule has 12 heavy (non-hydrogen) atoms. The van der Waals surface area contributed by atoms with E-state index in [0.717, 1.165) is 0 Å². The van der Waals surface area contributed by atoms with E-state index in [-0.39, 0.29) is 12.5 Å². The molecule has 68 valence electrons. The molecule has 0 unspecified atom stereocenters. The second-order valence-corrected chi connectivity index (χ2v) is 3.21.